The second-order valence-electron chi connectivity index (χ2n) is 9.11. The monoisotopic (exact) mass is 469 g/mol. The largest absolute Gasteiger partial charge is 0.461 e. The van der Waals surface area contributed by atoms with E-state index in [1.807, 2.05) is 54.7 Å². The van der Waals surface area contributed by atoms with Crippen molar-refractivity contribution in [2.24, 2.45) is 0 Å². The molecule has 9 heteroatoms. The molecule has 1 aliphatic rings. The van der Waals surface area contributed by atoms with Crippen molar-refractivity contribution in [1.82, 2.24) is 10.2 Å². The van der Waals surface area contributed by atoms with Gasteiger partial charge in [-0.3, -0.25) is 14.5 Å². The van der Waals surface area contributed by atoms with Gasteiger partial charge in [-0.2, -0.15) is 0 Å². The van der Waals surface area contributed by atoms with Gasteiger partial charge in [0.25, 0.3) is 5.82 Å². The number of piperazine rings is 1. The highest BCUT2D eigenvalue weighted by Crippen LogP contribution is 2.13. The Kier molecular flexibility index (Phi) is 8.45. The van der Waals surface area contributed by atoms with E-state index >= 15 is 0 Å². The molecule has 1 aromatic heterocycles. The lowest BCUT2D eigenvalue weighted by atomic mass is 10.1. The van der Waals surface area contributed by atoms with Crippen molar-refractivity contribution in [3.8, 4) is 0 Å². The summed E-state index contributed by atoms with van der Waals surface area (Å²) in [6.45, 7) is 7.49. The minimum absolute atomic E-state index is 0.0965. The van der Waals surface area contributed by atoms with E-state index < -0.39 is 23.7 Å². The summed E-state index contributed by atoms with van der Waals surface area (Å²) in [5.41, 5.74) is 0.108. The summed E-state index contributed by atoms with van der Waals surface area (Å²) in [4.78, 5) is 45.2. The highest BCUT2D eigenvalue weighted by molar-refractivity contribution is 5.89. The maximum absolute atomic E-state index is 13.3. The zero-order valence-electron chi connectivity index (χ0n) is 20.0. The molecule has 182 valence electrons. The second-order valence-corrected chi connectivity index (χ2v) is 9.11. The number of alkyl carbamates (subject to hydrolysis) is 1. The predicted octanol–water partition coefficient (Wildman–Crippen LogP) is 2.18. The molecular formula is C25H33N4O5+. The van der Waals surface area contributed by atoms with Crippen LogP contribution in [0, 0.1) is 0 Å². The molecule has 2 aromatic rings. The molecule has 3 rings (SSSR count). The quantitative estimate of drug-likeness (QED) is 0.624. The molecule has 0 saturated carbocycles. The summed E-state index contributed by atoms with van der Waals surface area (Å²) in [6, 6.07) is 14.0. The fraction of sp³-hybridized carbons (Fsp3) is 0.440. The molecule has 2 N–H and O–H groups in total. The van der Waals surface area contributed by atoms with Crippen LogP contribution >= 0.6 is 0 Å². The number of benzene rings is 1. The lowest BCUT2D eigenvalue weighted by Crippen LogP contribution is -2.56. The number of esters is 1. The molecule has 1 atom stereocenters. The van der Waals surface area contributed by atoms with E-state index in [0.29, 0.717) is 26.2 Å². The Morgan fingerprint density at radius 1 is 1.00 bits per heavy atom. The molecule has 34 heavy (non-hydrogen) atoms. The van der Waals surface area contributed by atoms with Crippen molar-refractivity contribution in [3.05, 3.63) is 60.3 Å². The first kappa shape index (κ1) is 25.0. The van der Waals surface area contributed by atoms with Crippen LogP contribution in [-0.4, -0.2) is 60.7 Å². The molecule has 0 aliphatic carbocycles. The van der Waals surface area contributed by atoms with Crippen molar-refractivity contribution in [2.45, 2.75) is 45.4 Å². The lowest BCUT2D eigenvalue weighted by molar-refractivity contribution is -0.364. The number of hydrogen-bond donors (Lipinski definition) is 1. The van der Waals surface area contributed by atoms with Gasteiger partial charge in [0.2, 0.25) is 5.91 Å². The van der Waals surface area contributed by atoms with Gasteiger partial charge >= 0.3 is 12.1 Å². The molecule has 1 fully saturated rings. The normalized spacial score (nSPS) is 14.8. The molecular weight excluding hydrogens is 436 g/mol. The third-order valence-electron chi connectivity index (χ3n) is 5.23. The Morgan fingerprint density at radius 2 is 1.68 bits per heavy atom. The molecule has 0 bridgehead atoms. The minimum Gasteiger partial charge on any atom is -0.461 e. The van der Waals surface area contributed by atoms with Crippen LogP contribution in [0.5, 0.6) is 0 Å². The first-order valence-electron chi connectivity index (χ1n) is 11.4. The molecule has 0 spiro atoms. The van der Waals surface area contributed by atoms with Crippen molar-refractivity contribution in [3.63, 3.8) is 0 Å². The number of amides is 2. The molecule has 0 radical (unpaired) electrons. The van der Waals surface area contributed by atoms with Gasteiger partial charge in [-0.1, -0.05) is 36.4 Å². The number of anilines is 1. The van der Waals surface area contributed by atoms with Crippen molar-refractivity contribution >= 4 is 23.8 Å². The molecule has 2 amide bonds. The van der Waals surface area contributed by atoms with Gasteiger partial charge in [-0.25, -0.2) is 9.78 Å². The van der Waals surface area contributed by atoms with E-state index in [0.717, 1.165) is 11.4 Å². The summed E-state index contributed by atoms with van der Waals surface area (Å²) in [5.74, 6) is 0.0671. The van der Waals surface area contributed by atoms with E-state index in [1.54, 1.807) is 25.7 Å². The zero-order valence-corrected chi connectivity index (χ0v) is 20.0. The number of aromatic amines is 1. The molecule has 0 unspecified atom stereocenters. The van der Waals surface area contributed by atoms with Gasteiger partial charge in [-0.15, -0.1) is 0 Å². The third kappa shape index (κ3) is 7.75. The number of carbonyl (C=O) groups excluding carboxylic acids is 3. The highest BCUT2D eigenvalue weighted by Gasteiger charge is 2.33. The standard InChI is InChI=1S/C25H32N4O5/c1-25(2,3)34-24(32)27-20(17-22(30)33-18-19-9-5-4-6-10-19)23(31)29-15-13-28(14-16-29)21-11-7-8-12-26-21/h4-12,20H,13-18H2,1-3H3,(H,27,32)/p+1/t20-/m0/s1. The topological polar surface area (TPSA) is 102 Å². The van der Waals surface area contributed by atoms with Crippen LogP contribution in [-0.2, 0) is 25.7 Å². The second kappa shape index (κ2) is 11.5. The van der Waals surface area contributed by atoms with Gasteiger partial charge < -0.3 is 19.7 Å². The van der Waals surface area contributed by atoms with E-state index in [9.17, 15) is 14.4 Å². The van der Waals surface area contributed by atoms with Gasteiger partial charge in [0.1, 0.15) is 31.3 Å². The van der Waals surface area contributed by atoms with Crippen molar-refractivity contribution in [2.75, 3.05) is 31.1 Å². The molecule has 1 aromatic carbocycles. The van der Waals surface area contributed by atoms with Crippen LogP contribution in [0.25, 0.3) is 0 Å². The molecule has 1 aliphatic heterocycles. The fourth-order valence-corrected chi connectivity index (χ4v) is 3.58. The fourth-order valence-electron chi connectivity index (χ4n) is 3.58. The number of nitrogens with zero attached hydrogens (tertiary/aromatic N) is 2. The van der Waals surface area contributed by atoms with Crippen molar-refractivity contribution in [1.29, 1.82) is 0 Å². The number of nitrogens with one attached hydrogen (secondary N) is 2. The Balaban J connectivity index is 1.61. The summed E-state index contributed by atoms with van der Waals surface area (Å²) < 4.78 is 10.6. The van der Waals surface area contributed by atoms with Crippen LogP contribution in [0.3, 0.4) is 0 Å². The summed E-state index contributed by atoms with van der Waals surface area (Å²) in [7, 11) is 0. The van der Waals surface area contributed by atoms with Gasteiger partial charge in [0, 0.05) is 6.07 Å². The molecule has 9 nitrogen and oxygen atoms in total. The first-order chi connectivity index (χ1) is 16.2. The smallest absolute Gasteiger partial charge is 0.408 e. The minimum atomic E-state index is -1.08. The Morgan fingerprint density at radius 3 is 2.29 bits per heavy atom. The number of rotatable bonds is 7. The van der Waals surface area contributed by atoms with E-state index in [1.165, 1.54) is 0 Å². The number of aromatic nitrogens is 1. The average Bonchev–Trinajstić information content (AvgIpc) is 2.82. The Bertz CT molecular complexity index is 954. The van der Waals surface area contributed by atoms with Crippen LogP contribution in [0.15, 0.2) is 54.7 Å². The number of hydrogen-bond acceptors (Lipinski definition) is 6. The lowest BCUT2D eigenvalue weighted by Gasteiger charge is -2.33. The van der Waals surface area contributed by atoms with Gasteiger partial charge in [0.05, 0.1) is 25.7 Å². The zero-order chi connectivity index (χ0) is 24.6. The predicted molar refractivity (Wildman–Crippen MR) is 126 cm³/mol. The molecule has 2 heterocycles. The third-order valence-corrected chi connectivity index (χ3v) is 5.23. The number of pyridine rings is 1. The van der Waals surface area contributed by atoms with Gasteiger partial charge in [0.15, 0.2) is 0 Å². The SMILES string of the molecule is CC(C)(C)OC(=O)N[C@@H](CC(=O)OCc1ccccc1)C(=O)N1CCN(c2cccc[nH+]2)CC1. The summed E-state index contributed by atoms with van der Waals surface area (Å²) >= 11 is 0. The van der Waals surface area contributed by atoms with Crippen LogP contribution in [0.2, 0.25) is 0 Å². The Hall–Kier alpha value is -3.62. The first-order valence-corrected chi connectivity index (χ1v) is 11.4. The Labute approximate surface area is 200 Å². The van der Waals surface area contributed by atoms with Crippen molar-refractivity contribution < 1.29 is 28.8 Å². The maximum Gasteiger partial charge on any atom is 0.408 e. The maximum atomic E-state index is 13.3. The number of H-pyrrole nitrogens is 1. The molecule has 1 saturated heterocycles. The van der Waals surface area contributed by atoms with Gasteiger partial charge in [-0.05, 0) is 32.4 Å². The van der Waals surface area contributed by atoms with E-state index in [2.05, 4.69) is 15.2 Å². The number of carbonyl (C=O) groups is 3. The summed E-state index contributed by atoms with van der Waals surface area (Å²) in [5, 5.41) is 2.57. The summed E-state index contributed by atoms with van der Waals surface area (Å²) in [6.07, 6.45) is 0.825. The average molecular weight is 470 g/mol. The number of ether oxygens (including phenoxy) is 2. The van der Waals surface area contributed by atoms with Crippen LogP contribution in [0.1, 0.15) is 32.8 Å². The van der Waals surface area contributed by atoms with E-state index in [-0.39, 0.29) is 18.9 Å². The highest BCUT2D eigenvalue weighted by atomic mass is 16.6. The van der Waals surface area contributed by atoms with Crippen LogP contribution in [0.4, 0.5) is 10.6 Å². The van der Waals surface area contributed by atoms with E-state index in [4.69, 9.17) is 9.47 Å². The van der Waals surface area contributed by atoms with Crippen LogP contribution < -0.4 is 15.2 Å².